The van der Waals surface area contributed by atoms with Crippen LogP contribution >= 0.6 is 11.8 Å². The lowest BCUT2D eigenvalue weighted by Crippen LogP contribution is -2.77. The van der Waals surface area contributed by atoms with Crippen molar-refractivity contribution in [2.45, 2.75) is 50.7 Å². The van der Waals surface area contributed by atoms with Gasteiger partial charge in [-0.15, -0.1) is 0 Å². The first-order valence-corrected chi connectivity index (χ1v) is 11.9. The first-order chi connectivity index (χ1) is 15.5. The highest BCUT2D eigenvalue weighted by Gasteiger charge is 2.62. The molecule has 4 rings (SSSR count). The summed E-state index contributed by atoms with van der Waals surface area (Å²) in [5.41, 5.74) is 0.324. The van der Waals surface area contributed by atoms with Crippen LogP contribution in [0.2, 0.25) is 0 Å². The van der Waals surface area contributed by atoms with E-state index >= 15 is 0 Å². The number of aryl methyl sites for hydroxylation is 1. The summed E-state index contributed by atoms with van der Waals surface area (Å²) in [6.07, 6.45) is 6.63. The molecule has 0 aromatic carbocycles. The van der Waals surface area contributed by atoms with Crippen LogP contribution in [0.1, 0.15) is 37.6 Å². The Morgan fingerprint density at radius 1 is 1.34 bits per heavy atom. The normalized spacial score (nSPS) is 23.0. The smallest absolute Gasteiger partial charge is 0.259 e. The third kappa shape index (κ3) is 4.71. The van der Waals surface area contributed by atoms with E-state index in [0.29, 0.717) is 5.75 Å². The summed E-state index contributed by atoms with van der Waals surface area (Å²) in [5.74, 6) is 1.98. The average molecular weight is 463 g/mol. The molecule has 2 atom stereocenters. The number of carbonyl (C=O) groups is 2. The van der Waals surface area contributed by atoms with Crippen molar-refractivity contribution in [3.05, 3.63) is 29.8 Å². The topological polar surface area (TPSA) is 91.1 Å². The predicted molar refractivity (Wildman–Crippen MR) is 120 cm³/mol. The summed E-state index contributed by atoms with van der Waals surface area (Å²) >= 11 is 1.17. The molecule has 1 aliphatic carbocycles. The molecular formula is C23H30N2O6S. The number of ether oxygens (including phenoxy) is 3. The molecule has 2 aromatic rings. The molecule has 1 saturated heterocycles. The lowest BCUT2D eigenvalue weighted by molar-refractivity contribution is -0.229. The fourth-order valence-corrected chi connectivity index (χ4v) is 5.17. The highest BCUT2D eigenvalue weighted by Crippen LogP contribution is 2.41. The van der Waals surface area contributed by atoms with E-state index in [1.54, 1.807) is 11.1 Å². The number of likely N-dealkylation sites (tertiary alicyclic amines) is 1. The number of methoxy groups -OCH3 is 2. The fraction of sp³-hybridized carbons (Fsp3) is 0.609. The van der Waals surface area contributed by atoms with Crippen molar-refractivity contribution in [3.8, 4) is 0 Å². The second-order valence-corrected chi connectivity index (χ2v) is 9.69. The van der Waals surface area contributed by atoms with E-state index in [0.717, 1.165) is 41.2 Å². The quantitative estimate of drug-likeness (QED) is 0.351. The third-order valence-corrected chi connectivity index (χ3v) is 7.08. The number of hydrogen-bond donors (Lipinski definition) is 0. The largest absolute Gasteiger partial charge is 0.461 e. The Morgan fingerprint density at radius 3 is 2.84 bits per heavy atom. The van der Waals surface area contributed by atoms with Crippen LogP contribution in [0.25, 0.3) is 11.0 Å². The standard InChI is InChI=1S/C23H30N2O6S/c1-15(26)32-12-21-23(30-14-29-3,22(27)25(21)13-28-2)11-19-18-10-17(7-6-16-4-5-16)31-20(18)8-9-24-19/h8-10,16,21H,4-7,11-14H2,1-3H3/t21-,23+/m0/s1. The third-order valence-electron chi connectivity index (χ3n) is 6.19. The number of hydrogen-bond acceptors (Lipinski definition) is 8. The summed E-state index contributed by atoms with van der Waals surface area (Å²) in [4.78, 5) is 31.1. The Bertz CT molecular complexity index is 975. The molecule has 9 heteroatoms. The Kier molecular flexibility index (Phi) is 7.19. The Balaban J connectivity index is 1.63. The van der Waals surface area contributed by atoms with Gasteiger partial charge in [-0.1, -0.05) is 24.6 Å². The minimum atomic E-state index is -1.18. The zero-order valence-electron chi connectivity index (χ0n) is 18.8. The number of amides is 1. The molecule has 1 saturated carbocycles. The second kappa shape index (κ2) is 9.91. The monoisotopic (exact) mass is 462 g/mol. The van der Waals surface area contributed by atoms with Gasteiger partial charge in [-0.3, -0.25) is 14.6 Å². The SMILES string of the molecule is COCO[C@@]1(Cc2nccc3oc(CCC4CC4)cc23)C(=O)N(COC)[C@H]1CSC(C)=O. The summed E-state index contributed by atoms with van der Waals surface area (Å²) in [6, 6.07) is 3.54. The van der Waals surface area contributed by atoms with E-state index in [2.05, 4.69) is 4.98 Å². The second-order valence-electron chi connectivity index (χ2n) is 8.49. The van der Waals surface area contributed by atoms with Crippen LogP contribution in [0.5, 0.6) is 0 Å². The summed E-state index contributed by atoms with van der Waals surface area (Å²) in [5, 5.41) is 0.882. The number of aromatic nitrogens is 1. The number of furan rings is 1. The molecule has 32 heavy (non-hydrogen) atoms. The van der Waals surface area contributed by atoms with E-state index in [4.69, 9.17) is 18.6 Å². The molecule has 0 spiro atoms. The van der Waals surface area contributed by atoms with Gasteiger partial charge in [-0.2, -0.15) is 0 Å². The van der Waals surface area contributed by atoms with E-state index in [1.165, 1.54) is 45.7 Å². The molecule has 1 aliphatic heterocycles. The number of rotatable bonds is 12. The molecule has 2 aromatic heterocycles. The van der Waals surface area contributed by atoms with Gasteiger partial charge < -0.3 is 23.5 Å². The molecule has 2 fully saturated rings. The van der Waals surface area contributed by atoms with Crippen LogP contribution in [-0.4, -0.2) is 66.0 Å². The van der Waals surface area contributed by atoms with Crippen LogP contribution in [0.15, 0.2) is 22.7 Å². The lowest BCUT2D eigenvalue weighted by Gasteiger charge is -2.54. The maximum absolute atomic E-state index is 13.3. The first-order valence-electron chi connectivity index (χ1n) is 10.9. The highest BCUT2D eigenvalue weighted by molar-refractivity contribution is 8.13. The maximum Gasteiger partial charge on any atom is 0.259 e. The van der Waals surface area contributed by atoms with Crippen LogP contribution < -0.4 is 0 Å². The van der Waals surface area contributed by atoms with Crippen LogP contribution in [0.4, 0.5) is 0 Å². The average Bonchev–Trinajstić information content (AvgIpc) is 3.51. The van der Waals surface area contributed by atoms with Crippen LogP contribution in [0.3, 0.4) is 0 Å². The molecule has 3 heterocycles. The molecule has 2 aliphatic rings. The zero-order valence-corrected chi connectivity index (χ0v) is 19.6. The van der Waals surface area contributed by atoms with Crippen molar-refractivity contribution in [2.24, 2.45) is 5.92 Å². The van der Waals surface area contributed by atoms with Crippen molar-refractivity contribution >= 4 is 33.8 Å². The van der Waals surface area contributed by atoms with E-state index in [9.17, 15) is 9.59 Å². The fourth-order valence-electron chi connectivity index (χ4n) is 4.33. The zero-order chi connectivity index (χ0) is 22.7. The van der Waals surface area contributed by atoms with Gasteiger partial charge in [-0.25, -0.2) is 0 Å². The molecule has 0 radical (unpaired) electrons. The predicted octanol–water partition coefficient (Wildman–Crippen LogP) is 3.17. The van der Waals surface area contributed by atoms with Crippen LogP contribution in [-0.2, 0) is 36.6 Å². The number of carbonyl (C=O) groups excluding carboxylic acids is 2. The van der Waals surface area contributed by atoms with Gasteiger partial charge in [0.2, 0.25) is 0 Å². The van der Waals surface area contributed by atoms with E-state index in [-0.39, 0.29) is 37.0 Å². The minimum Gasteiger partial charge on any atom is -0.461 e. The molecule has 8 nitrogen and oxygen atoms in total. The van der Waals surface area contributed by atoms with Crippen molar-refractivity contribution in [1.82, 2.24) is 9.88 Å². The van der Waals surface area contributed by atoms with Gasteiger partial charge in [0.05, 0.1) is 11.7 Å². The lowest BCUT2D eigenvalue weighted by atomic mass is 9.79. The summed E-state index contributed by atoms with van der Waals surface area (Å²) in [7, 11) is 3.06. The molecule has 174 valence electrons. The minimum absolute atomic E-state index is 0.0160. The first kappa shape index (κ1) is 23.2. The van der Waals surface area contributed by atoms with E-state index < -0.39 is 5.60 Å². The Hall–Kier alpha value is -1.94. The number of β-lactam (4-membered cyclic amide) rings is 1. The van der Waals surface area contributed by atoms with Gasteiger partial charge in [-0.05, 0) is 24.5 Å². The Morgan fingerprint density at radius 2 is 2.16 bits per heavy atom. The van der Waals surface area contributed by atoms with Crippen molar-refractivity contribution in [3.63, 3.8) is 0 Å². The molecule has 0 N–H and O–H groups in total. The molecule has 0 bridgehead atoms. The summed E-state index contributed by atoms with van der Waals surface area (Å²) < 4.78 is 22.5. The molecule has 0 unspecified atom stereocenters. The van der Waals surface area contributed by atoms with Gasteiger partial charge >= 0.3 is 0 Å². The number of fused-ring (bicyclic) bond motifs is 1. The molecule has 1 amide bonds. The maximum atomic E-state index is 13.3. The van der Waals surface area contributed by atoms with Gasteiger partial charge in [0.25, 0.3) is 5.91 Å². The molecular weight excluding hydrogens is 432 g/mol. The van der Waals surface area contributed by atoms with Crippen molar-refractivity contribution in [1.29, 1.82) is 0 Å². The van der Waals surface area contributed by atoms with Gasteiger partial charge in [0.1, 0.15) is 24.9 Å². The number of thioether (sulfide) groups is 1. The van der Waals surface area contributed by atoms with Crippen molar-refractivity contribution < 1.29 is 28.2 Å². The number of pyridine rings is 1. The number of nitrogens with zero attached hydrogens (tertiary/aromatic N) is 2. The summed E-state index contributed by atoms with van der Waals surface area (Å²) in [6.45, 7) is 1.61. The van der Waals surface area contributed by atoms with Crippen LogP contribution in [0, 0.1) is 5.92 Å². The highest BCUT2D eigenvalue weighted by atomic mass is 32.2. The van der Waals surface area contributed by atoms with Gasteiger partial charge in [0.15, 0.2) is 10.7 Å². The van der Waals surface area contributed by atoms with Crippen molar-refractivity contribution in [2.75, 3.05) is 33.5 Å². The van der Waals surface area contributed by atoms with Gasteiger partial charge in [0, 0.05) is 51.3 Å². The Labute approximate surface area is 192 Å². The van der Waals surface area contributed by atoms with E-state index in [1.807, 2.05) is 12.1 Å².